The zero-order valence-electron chi connectivity index (χ0n) is 43.4. The molecule has 0 fully saturated rings. The van der Waals surface area contributed by atoms with Crippen LogP contribution in [0.4, 0.5) is 4.39 Å². The van der Waals surface area contributed by atoms with Crippen molar-refractivity contribution in [2.45, 2.75) is 89.4 Å². The molecule has 416 valence electrons. The van der Waals surface area contributed by atoms with Crippen LogP contribution in [0.15, 0.2) is 59.4 Å². The molecule has 2 aromatic heterocycles. The molecule has 4 aromatic rings. The standard InChI is InChI=1S/C53H57FN10O15/c1-5-53(77)32-16-37-47-30(23-63(37)51(75)31(32)24-78-52(53)76)46-36(12-11-29-26(2)33(54)17-34(61-47)45(29)46)62(4)50(74)27(3)79-25-59-40(66)20-57-48(72)35(15-28-9-7-6-8-10-28)60-41(67)21-56-39(65)19-58-49(73)38(18-55-22-44(70)71)64-42(68)13-14-43(64)69/h6-10,13-14,16-17,27,35-36,38,55,77H,5,11-12,15,18-25H2,1-4H3,(H,56,65)(H,57,72)(H,58,73)(H,59,66)(H,60,67)(H,70,71)/t27-,35-,36-,38+,53-/m0/s1. The van der Waals surface area contributed by atoms with Crippen LogP contribution < -0.4 is 37.5 Å². The summed E-state index contributed by atoms with van der Waals surface area (Å²) < 4.78 is 28.0. The quantitative estimate of drug-likeness (QED) is 0.0222. The Labute approximate surface area is 449 Å². The van der Waals surface area contributed by atoms with Crippen LogP contribution in [0.25, 0.3) is 22.3 Å². The molecule has 26 heteroatoms. The average Bonchev–Trinajstić information content (AvgIpc) is 4.19. The maximum absolute atomic E-state index is 15.5. The second-order valence-electron chi connectivity index (χ2n) is 19.3. The van der Waals surface area contributed by atoms with Crippen LogP contribution in [0.2, 0.25) is 0 Å². The highest BCUT2D eigenvalue weighted by molar-refractivity contribution is 6.15. The van der Waals surface area contributed by atoms with Gasteiger partial charge in [0.1, 0.15) is 37.3 Å². The van der Waals surface area contributed by atoms with E-state index in [0.29, 0.717) is 67.8 Å². The van der Waals surface area contributed by atoms with E-state index in [1.54, 1.807) is 57.3 Å². The van der Waals surface area contributed by atoms with Crippen LogP contribution in [-0.4, -0.2) is 153 Å². The van der Waals surface area contributed by atoms with Crippen molar-refractivity contribution in [3.8, 4) is 11.4 Å². The molecule has 5 atom stereocenters. The van der Waals surface area contributed by atoms with Crippen LogP contribution in [0, 0.1) is 12.7 Å². The number of carbonyl (C=O) groups is 10. The summed E-state index contributed by atoms with van der Waals surface area (Å²) >= 11 is 0. The van der Waals surface area contributed by atoms with Gasteiger partial charge >= 0.3 is 11.9 Å². The van der Waals surface area contributed by atoms with Gasteiger partial charge in [-0.2, -0.15) is 0 Å². The van der Waals surface area contributed by atoms with Gasteiger partial charge in [0.05, 0.1) is 61.2 Å². The lowest BCUT2D eigenvalue weighted by Gasteiger charge is -2.36. The van der Waals surface area contributed by atoms with E-state index in [1.807, 2.05) is 0 Å². The summed E-state index contributed by atoms with van der Waals surface area (Å²) in [4.78, 5) is 149. The van der Waals surface area contributed by atoms with Crippen LogP contribution in [0.1, 0.15) is 71.7 Å². The van der Waals surface area contributed by atoms with E-state index in [2.05, 4.69) is 31.9 Å². The molecule has 8 rings (SSSR count). The molecule has 3 aliphatic heterocycles. The van der Waals surface area contributed by atoms with E-state index >= 15 is 4.39 Å². The number of carbonyl (C=O) groups excluding carboxylic acids is 9. The molecule has 79 heavy (non-hydrogen) atoms. The number of aliphatic hydroxyl groups is 1. The van der Waals surface area contributed by atoms with Crippen LogP contribution in [-0.2, 0) is 89.0 Å². The van der Waals surface area contributed by atoms with Crippen LogP contribution >= 0.6 is 0 Å². The second-order valence-corrected chi connectivity index (χ2v) is 19.3. The number of ether oxygens (including phenoxy) is 2. The normalized spacial score (nSPS) is 17.9. The fourth-order valence-corrected chi connectivity index (χ4v) is 10.2. The zero-order valence-corrected chi connectivity index (χ0v) is 43.4. The lowest BCUT2D eigenvalue weighted by Crippen LogP contribution is -2.56. The Morgan fingerprint density at radius 3 is 2.25 bits per heavy atom. The number of halogens is 1. The monoisotopic (exact) mass is 1090 g/mol. The van der Waals surface area contributed by atoms with Crippen molar-refractivity contribution in [2.24, 2.45) is 0 Å². The fourth-order valence-electron chi connectivity index (χ4n) is 10.2. The molecule has 0 radical (unpaired) electrons. The van der Waals surface area contributed by atoms with Gasteiger partial charge in [0, 0.05) is 54.7 Å². The summed E-state index contributed by atoms with van der Waals surface area (Å²) in [5, 5.41) is 35.4. The van der Waals surface area contributed by atoms with Gasteiger partial charge in [-0.3, -0.25) is 52.8 Å². The average molecular weight is 1090 g/mol. The zero-order chi connectivity index (χ0) is 57.0. The number of esters is 1. The molecule has 0 unspecified atom stereocenters. The Morgan fingerprint density at radius 2 is 1.57 bits per heavy atom. The fraction of sp³-hybridized carbons (Fsp3) is 0.396. The number of aliphatic carboxylic acids is 1. The number of amides is 8. The smallest absolute Gasteiger partial charge is 0.343 e. The Balaban J connectivity index is 0.862. The lowest BCUT2D eigenvalue weighted by atomic mass is 9.81. The van der Waals surface area contributed by atoms with Crippen molar-refractivity contribution in [2.75, 3.05) is 46.5 Å². The van der Waals surface area contributed by atoms with E-state index in [4.69, 9.17) is 19.6 Å². The van der Waals surface area contributed by atoms with Gasteiger partial charge in [0.15, 0.2) is 5.60 Å². The molecule has 25 nitrogen and oxygen atoms in total. The molecule has 8 N–H and O–H groups in total. The highest BCUT2D eigenvalue weighted by Crippen LogP contribution is 2.47. The number of fused-ring (bicyclic) bond motifs is 5. The third-order valence-corrected chi connectivity index (χ3v) is 14.4. The lowest BCUT2D eigenvalue weighted by molar-refractivity contribution is -0.172. The molecule has 1 aliphatic carbocycles. The summed E-state index contributed by atoms with van der Waals surface area (Å²) in [6.45, 7) is 0.993. The predicted octanol–water partition coefficient (Wildman–Crippen LogP) is -1.50. The number of carboxylic acids is 1. The van der Waals surface area contributed by atoms with Gasteiger partial charge in [-0.15, -0.1) is 0 Å². The maximum Gasteiger partial charge on any atom is 0.343 e. The first-order chi connectivity index (χ1) is 37.6. The van der Waals surface area contributed by atoms with Crippen molar-refractivity contribution >= 4 is 70.1 Å². The summed E-state index contributed by atoms with van der Waals surface area (Å²) in [6, 6.07) is 8.05. The number of imide groups is 1. The van der Waals surface area contributed by atoms with Crippen molar-refractivity contribution in [1.82, 2.24) is 51.3 Å². The minimum atomic E-state index is -2.07. The minimum Gasteiger partial charge on any atom is -0.480 e. The Bertz CT molecular complexity index is 3290. The number of rotatable bonds is 22. The van der Waals surface area contributed by atoms with Crippen molar-refractivity contribution < 1.29 is 72.0 Å². The minimum absolute atomic E-state index is 0.0346. The van der Waals surface area contributed by atoms with Gasteiger partial charge in [-0.1, -0.05) is 37.3 Å². The largest absolute Gasteiger partial charge is 0.480 e. The number of aromatic nitrogens is 2. The number of nitrogens with zero attached hydrogens (tertiary/aromatic N) is 4. The summed E-state index contributed by atoms with van der Waals surface area (Å²) in [5.74, 6) is -8.92. The Hall–Kier alpha value is -8.75. The van der Waals surface area contributed by atoms with Crippen LogP contribution in [0.5, 0.6) is 0 Å². The number of cyclic esters (lactones) is 1. The van der Waals surface area contributed by atoms with Crippen molar-refractivity contribution in [3.63, 3.8) is 0 Å². The highest BCUT2D eigenvalue weighted by atomic mass is 19.1. The first kappa shape index (κ1) is 56.5. The third-order valence-electron chi connectivity index (χ3n) is 14.4. The number of pyridine rings is 2. The predicted molar refractivity (Wildman–Crippen MR) is 273 cm³/mol. The van der Waals surface area contributed by atoms with Crippen molar-refractivity contribution in [3.05, 3.63) is 110 Å². The number of hydrogen-bond acceptors (Lipinski definition) is 16. The number of nitrogens with one attached hydrogen (secondary N) is 6. The molecule has 0 bridgehead atoms. The molecule has 2 aromatic carbocycles. The van der Waals surface area contributed by atoms with Gasteiger partial charge in [0.2, 0.25) is 29.5 Å². The first-order valence-corrected chi connectivity index (χ1v) is 25.2. The SMILES string of the molecule is CC[C@@]1(O)C(=O)OCc2c1cc1n(c2=O)Cc2c-1nc1cc(F)c(C)c3c1c2[C@@H](N(C)C(=O)[C@H](C)OCNC(=O)CNC(=O)[C@H](Cc1ccccc1)NC(=O)CNC(=O)CNC(=O)[C@@H](CNCC(=O)O)N1C(=O)C=CC1=O)CC3. The van der Waals surface area contributed by atoms with Gasteiger partial charge in [-0.25, -0.2) is 14.2 Å². The molecule has 4 aliphatic rings. The Kier molecular flexibility index (Phi) is 16.8. The maximum atomic E-state index is 15.5. The molecular formula is C53H57FN10O15. The van der Waals surface area contributed by atoms with Gasteiger partial charge in [-0.05, 0) is 61.4 Å². The summed E-state index contributed by atoms with van der Waals surface area (Å²) in [5.41, 5.74) is 1.69. The number of likely N-dealkylation sites (N-methyl/N-ethyl adjacent to an activating group) is 1. The number of benzene rings is 2. The second kappa shape index (κ2) is 23.5. The Morgan fingerprint density at radius 1 is 0.899 bits per heavy atom. The third kappa shape index (κ3) is 11.6. The molecular weight excluding hydrogens is 1040 g/mol. The van der Waals surface area contributed by atoms with Crippen LogP contribution in [0.3, 0.4) is 0 Å². The van der Waals surface area contributed by atoms with E-state index < -0.39 is 140 Å². The van der Waals surface area contributed by atoms with Gasteiger partial charge in [0.25, 0.3) is 23.3 Å². The topological polar surface area (TPSA) is 343 Å². The molecule has 8 amide bonds. The van der Waals surface area contributed by atoms with Crippen molar-refractivity contribution in [1.29, 1.82) is 0 Å². The molecule has 5 heterocycles. The van der Waals surface area contributed by atoms with Gasteiger partial charge < -0.3 is 61.1 Å². The molecule has 0 spiro atoms. The number of carboxylic acid groups (broad SMARTS) is 1. The first-order valence-electron chi connectivity index (χ1n) is 25.2. The number of aryl methyl sites for hydroxylation is 1. The highest BCUT2D eigenvalue weighted by Gasteiger charge is 2.46. The summed E-state index contributed by atoms with van der Waals surface area (Å²) in [6.07, 6.45) is 1.38. The van der Waals surface area contributed by atoms with E-state index in [0.717, 1.165) is 12.2 Å². The van der Waals surface area contributed by atoms with E-state index in [-0.39, 0.29) is 37.1 Å². The van der Waals surface area contributed by atoms with E-state index in [1.165, 1.54) is 22.5 Å². The van der Waals surface area contributed by atoms with E-state index in [9.17, 15) is 57.8 Å². The summed E-state index contributed by atoms with van der Waals surface area (Å²) in [7, 11) is 1.59. The molecule has 0 saturated heterocycles. The number of hydrogen-bond donors (Lipinski definition) is 8. The molecule has 0 saturated carbocycles.